The third-order valence-corrected chi connectivity index (χ3v) is 5.31. The number of nitrogens with one attached hydrogen (secondary N) is 1. The number of aliphatic hydroxyl groups is 1. The van der Waals surface area contributed by atoms with Gasteiger partial charge in [-0.1, -0.05) is 13.3 Å². The summed E-state index contributed by atoms with van der Waals surface area (Å²) in [6.07, 6.45) is 7.29. The lowest BCUT2D eigenvalue weighted by Gasteiger charge is -2.14. The number of allylic oxidation sites excluding steroid dienone is 1. The van der Waals surface area contributed by atoms with Gasteiger partial charge in [-0.25, -0.2) is 4.98 Å². The molecule has 1 aliphatic heterocycles. The second-order valence-corrected chi connectivity index (χ2v) is 6.94. The van der Waals surface area contributed by atoms with Crippen molar-refractivity contribution in [2.24, 2.45) is 5.73 Å². The number of carbonyl (C=O) groups excluding carboxylic acids is 1. The molecule has 1 aliphatic rings. The van der Waals surface area contributed by atoms with Crippen LogP contribution in [0.4, 0.5) is 0 Å². The van der Waals surface area contributed by atoms with Crippen LogP contribution in [0.5, 0.6) is 0 Å². The number of thioether (sulfide) groups is 1. The average molecular weight is 324 g/mol. The van der Waals surface area contributed by atoms with Crippen LogP contribution in [0.3, 0.4) is 0 Å². The van der Waals surface area contributed by atoms with Crippen molar-refractivity contribution in [3.63, 3.8) is 0 Å². The van der Waals surface area contributed by atoms with Gasteiger partial charge in [-0.2, -0.15) is 0 Å². The van der Waals surface area contributed by atoms with E-state index < -0.39 is 0 Å². The van der Waals surface area contributed by atoms with E-state index in [1.54, 1.807) is 18.1 Å². The Kier molecular flexibility index (Phi) is 5.90. The normalized spacial score (nSPS) is 22.0. The molecule has 0 bridgehead atoms. The van der Waals surface area contributed by atoms with E-state index >= 15 is 0 Å². The van der Waals surface area contributed by atoms with Gasteiger partial charge in [0.1, 0.15) is 5.69 Å². The zero-order chi connectivity index (χ0) is 16.1. The minimum absolute atomic E-state index is 0.195. The highest BCUT2D eigenvalue weighted by Gasteiger charge is 2.28. The van der Waals surface area contributed by atoms with Crippen molar-refractivity contribution >= 4 is 17.7 Å². The number of nitrogens with two attached hydrogens (primary N) is 1. The summed E-state index contributed by atoms with van der Waals surface area (Å²) in [5.41, 5.74) is 7.01. The number of aliphatic hydroxyl groups excluding tert-OH is 1. The first-order valence-electron chi connectivity index (χ1n) is 7.63. The van der Waals surface area contributed by atoms with E-state index in [4.69, 9.17) is 5.73 Å². The van der Waals surface area contributed by atoms with Gasteiger partial charge in [0.15, 0.2) is 0 Å². The maximum Gasteiger partial charge on any atom is 0.277 e. The second kappa shape index (κ2) is 7.69. The number of rotatable bonds is 6. The van der Waals surface area contributed by atoms with Gasteiger partial charge in [0.2, 0.25) is 0 Å². The fourth-order valence-corrected chi connectivity index (χ4v) is 3.92. The molecule has 2 atom stereocenters. The van der Waals surface area contributed by atoms with Crippen LogP contribution in [-0.2, 0) is 0 Å². The topological polar surface area (TPSA) is 93.2 Å². The molecule has 4 N–H and O–H groups in total. The molecule has 1 saturated heterocycles. The molecule has 0 aromatic carbocycles. The Morgan fingerprint density at radius 1 is 1.64 bits per heavy atom. The summed E-state index contributed by atoms with van der Waals surface area (Å²) in [6.45, 7) is 4.14. The predicted molar refractivity (Wildman–Crippen MR) is 88.3 cm³/mol. The number of hydrogen-bond donors (Lipinski definition) is 3. The SMILES string of the molecule is CCC/C=C(\N)NC(=O)c1ncn([C@H]2CC[C@@H](CO)S2)c1C. The van der Waals surface area contributed by atoms with Crippen LogP contribution in [0.1, 0.15) is 54.2 Å². The molecular formula is C15H24N4O2S. The van der Waals surface area contributed by atoms with Gasteiger partial charge in [0.05, 0.1) is 24.1 Å². The number of hydrogen-bond acceptors (Lipinski definition) is 5. The Morgan fingerprint density at radius 2 is 2.41 bits per heavy atom. The van der Waals surface area contributed by atoms with Crippen molar-refractivity contribution in [3.8, 4) is 0 Å². The molecule has 0 radical (unpaired) electrons. The van der Waals surface area contributed by atoms with Crippen molar-refractivity contribution < 1.29 is 9.90 Å². The molecule has 0 unspecified atom stereocenters. The second-order valence-electron chi connectivity index (χ2n) is 5.46. The lowest BCUT2D eigenvalue weighted by Crippen LogP contribution is -2.28. The fraction of sp³-hybridized carbons (Fsp3) is 0.600. The van der Waals surface area contributed by atoms with Crippen LogP contribution < -0.4 is 11.1 Å². The largest absolute Gasteiger partial charge is 0.395 e. The molecule has 0 spiro atoms. The van der Waals surface area contributed by atoms with Crippen molar-refractivity contribution in [2.75, 3.05) is 6.61 Å². The molecule has 6 nitrogen and oxygen atoms in total. The summed E-state index contributed by atoms with van der Waals surface area (Å²) in [6, 6.07) is 0. The number of nitrogens with zero attached hydrogens (tertiary/aromatic N) is 2. The summed E-state index contributed by atoms with van der Waals surface area (Å²) >= 11 is 1.73. The van der Waals surface area contributed by atoms with Crippen molar-refractivity contribution in [1.82, 2.24) is 14.9 Å². The Morgan fingerprint density at radius 3 is 3.05 bits per heavy atom. The number of unbranched alkanes of at least 4 members (excludes halogenated alkanes) is 1. The maximum absolute atomic E-state index is 12.2. The molecule has 1 amide bonds. The standard InChI is InChI=1S/C15H24N4O2S/c1-3-4-5-12(16)18-15(21)14-10(2)19(9-17-14)13-7-6-11(8-20)22-13/h5,9,11,13,20H,3-4,6-8,16H2,1-2H3,(H,18,21)/b12-5+/t11-,13+/m0/s1. The molecule has 1 fully saturated rings. The van der Waals surface area contributed by atoms with Crippen LogP contribution in [-0.4, -0.2) is 32.4 Å². The van der Waals surface area contributed by atoms with E-state index in [-0.39, 0.29) is 23.1 Å². The Labute approximate surface area is 135 Å². The first-order valence-corrected chi connectivity index (χ1v) is 8.57. The lowest BCUT2D eigenvalue weighted by atomic mass is 10.2. The molecule has 0 saturated carbocycles. The van der Waals surface area contributed by atoms with Gasteiger partial charge < -0.3 is 20.7 Å². The fourth-order valence-electron chi connectivity index (χ4n) is 2.50. The summed E-state index contributed by atoms with van der Waals surface area (Å²) in [5, 5.41) is 12.4. The Bertz CT molecular complexity index is 556. The van der Waals surface area contributed by atoms with Crippen LogP contribution >= 0.6 is 11.8 Å². The van der Waals surface area contributed by atoms with E-state index in [1.807, 2.05) is 17.6 Å². The van der Waals surface area contributed by atoms with Crippen LogP contribution in [0.25, 0.3) is 0 Å². The minimum atomic E-state index is -0.275. The van der Waals surface area contributed by atoms with Crippen LogP contribution in [0, 0.1) is 6.92 Å². The third kappa shape index (κ3) is 3.84. The van der Waals surface area contributed by atoms with Gasteiger partial charge in [0, 0.05) is 10.9 Å². The first-order chi connectivity index (χ1) is 10.6. The van der Waals surface area contributed by atoms with Crippen molar-refractivity contribution in [3.05, 3.63) is 29.6 Å². The number of imidazole rings is 1. The number of carbonyl (C=O) groups is 1. The smallest absolute Gasteiger partial charge is 0.277 e. The van der Waals surface area contributed by atoms with E-state index in [9.17, 15) is 9.90 Å². The van der Waals surface area contributed by atoms with E-state index in [1.165, 1.54) is 0 Å². The average Bonchev–Trinajstić information content (AvgIpc) is 3.11. The van der Waals surface area contributed by atoms with Gasteiger partial charge in [-0.05, 0) is 32.3 Å². The molecular weight excluding hydrogens is 300 g/mol. The van der Waals surface area contributed by atoms with E-state index in [0.29, 0.717) is 11.5 Å². The quantitative estimate of drug-likeness (QED) is 0.743. The lowest BCUT2D eigenvalue weighted by molar-refractivity contribution is 0.0960. The molecule has 22 heavy (non-hydrogen) atoms. The maximum atomic E-state index is 12.2. The molecule has 7 heteroatoms. The summed E-state index contributed by atoms with van der Waals surface area (Å²) in [5.74, 6) is 0.0965. The molecule has 122 valence electrons. The highest BCUT2D eigenvalue weighted by Crippen LogP contribution is 2.41. The van der Waals surface area contributed by atoms with Gasteiger partial charge in [-0.15, -0.1) is 11.8 Å². The zero-order valence-electron chi connectivity index (χ0n) is 13.1. The molecule has 1 aromatic heterocycles. The molecule has 0 aliphatic carbocycles. The number of amides is 1. The monoisotopic (exact) mass is 324 g/mol. The van der Waals surface area contributed by atoms with Crippen molar-refractivity contribution in [1.29, 1.82) is 0 Å². The van der Waals surface area contributed by atoms with Gasteiger partial charge in [0.25, 0.3) is 5.91 Å². The molecule has 2 heterocycles. The Hall–Kier alpha value is -1.47. The summed E-state index contributed by atoms with van der Waals surface area (Å²) < 4.78 is 2.02. The van der Waals surface area contributed by atoms with Gasteiger partial charge in [-0.3, -0.25) is 4.79 Å². The third-order valence-electron chi connectivity index (χ3n) is 3.77. The molecule has 1 aromatic rings. The minimum Gasteiger partial charge on any atom is -0.395 e. The zero-order valence-corrected chi connectivity index (χ0v) is 13.9. The van der Waals surface area contributed by atoms with Crippen LogP contribution in [0.2, 0.25) is 0 Å². The van der Waals surface area contributed by atoms with E-state index in [2.05, 4.69) is 17.2 Å². The summed E-state index contributed by atoms with van der Waals surface area (Å²) in [4.78, 5) is 16.5. The van der Waals surface area contributed by atoms with Crippen molar-refractivity contribution in [2.45, 2.75) is 50.2 Å². The van der Waals surface area contributed by atoms with Crippen LogP contribution in [0.15, 0.2) is 18.2 Å². The summed E-state index contributed by atoms with van der Waals surface area (Å²) in [7, 11) is 0. The Balaban J connectivity index is 2.06. The van der Waals surface area contributed by atoms with Gasteiger partial charge >= 0.3 is 0 Å². The molecule has 2 rings (SSSR count). The highest BCUT2D eigenvalue weighted by molar-refractivity contribution is 8.00. The first kappa shape index (κ1) is 16.9. The van der Waals surface area contributed by atoms with E-state index in [0.717, 1.165) is 31.4 Å². The number of aromatic nitrogens is 2. The highest BCUT2D eigenvalue weighted by atomic mass is 32.2. The predicted octanol–water partition coefficient (Wildman–Crippen LogP) is 1.91.